The lowest BCUT2D eigenvalue weighted by molar-refractivity contribution is 0.0310. The van der Waals surface area contributed by atoms with E-state index in [0.717, 1.165) is 12.0 Å². The van der Waals surface area contributed by atoms with Crippen molar-refractivity contribution in [1.82, 2.24) is 4.90 Å². The van der Waals surface area contributed by atoms with E-state index in [1.807, 2.05) is 24.3 Å². The summed E-state index contributed by atoms with van der Waals surface area (Å²) in [5.41, 5.74) is 1.96. The van der Waals surface area contributed by atoms with Gasteiger partial charge in [0.15, 0.2) is 0 Å². The molecular weight excluding hydrogens is 236 g/mol. The molecular formula is C14H21F2NO. The molecule has 0 amide bonds. The molecule has 2 atom stereocenters. The van der Waals surface area contributed by atoms with Crippen LogP contribution in [0.4, 0.5) is 8.78 Å². The number of aryl methyl sites for hydroxylation is 1. The average Bonchev–Trinajstić information content (AvgIpc) is 2.36. The molecule has 0 aliphatic rings. The van der Waals surface area contributed by atoms with Crippen LogP contribution in [-0.2, 0) is 6.42 Å². The summed E-state index contributed by atoms with van der Waals surface area (Å²) in [6, 6.07) is 7.29. The smallest absolute Gasteiger partial charge is 0.251 e. The topological polar surface area (TPSA) is 23.5 Å². The van der Waals surface area contributed by atoms with Crippen molar-refractivity contribution >= 4 is 0 Å². The van der Waals surface area contributed by atoms with E-state index in [1.54, 1.807) is 14.0 Å². The lowest BCUT2D eigenvalue weighted by Gasteiger charge is -2.28. The van der Waals surface area contributed by atoms with Gasteiger partial charge >= 0.3 is 0 Å². The van der Waals surface area contributed by atoms with Gasteiger partial charge in [-0.3, -0.25) is 4.90 Å². The van der Waals surface area contributed by atoms with Crippen LogP contribution in [0.15, 0.2) is 24.3 Å². The zero-order valence-corrected chi connectivity index (χ0v) is 11.1. The highest BCUT2D eigenvalue weighted by Gasteiger charge is 2.22. The van der Waals surface area contributed by atoms with Crippen molar-refractivity contribution in [2.75, 3.05) is 13.6 Å². The van der Waals surface area contributed by atoms with Crippen LogP contribution in [0.2, 0.25) is 0 Å². The SMILES string of the molecule is CCc1ccc(C(O)C(C)N(C)CC(F)F)cc1. The molecule has 0 bridgehead atoms. The molecule has 0 fully saturated rings. The molecule has 0 heterocycles. The quantitative estimate of drug-likeness (QED) is 0.847. The normalized spacial score (nSPS) is 15.1. The Bertz CT molecular complexity index is 353. The van der Waals surface area contributed by atoms with Gasteiger partial charge in [0.1, 0.15) is 0 Å². The van der Waals surface area contributed by atoms with Gasteiger partial charge < -0.3 is 5.11 Å². The number of halogens is 2. The van der Waals surface area contributed by atoms with Gasteiger partial charge in [-0.05, 0) is 31.5 Å². The Balaban J connectivity index is 2.69. The van der Waals surface area contributed by atoms with Gasteiger partial charge in [0.25, 0.3) is 6.43 Å². The molecule has 1 rings (SSSR count). The maximum absolute atomic E-state index is 12.3. The number of benzene rings is 1. The van der Waals surface area contributed by atoms with Gasteiger partial charge in [0.2, 0.25) is 0 Å². The molecule has 2 unspecified atom stereocenters. The zero-order valence-electron chi connectivity index (χ0n) is 11.1. The highest BCUT2D eigenvalue weighted by atomic mass is 19.3. The Kier molecular flexibility index (Phi) is 5.69. The number of alkyl halides is 2. The maximum Gasteiger partial charge on any atom is 0.251 e. The van der Waals surface area contributed by atoms with Crippen LogP contribution in [0.1, 0.15) is 31.1 Å². The van der Waals surface area contributed by atoms with Gasteiger partial charge in [-0.25, -0.2) is 8.78 Å². The Labute approximate surface area is 107 Å². The predicted octanol–water partition coefficient (Wildman–Crippen LogP) is 2.87. The number of hydrogen-bond donors (Lipinski definition) is 1. The summed E-state index contributed by atoms with van der Waals surface area (Å²) in [6.07, 6.45) is -2.19. The third-order valence-electron chi connectivity index (χ3n) is 3.31. The maximum atomic E-state index is 12.3. The van der Waals surface area contributed by atoms with Gasteiger partial charge in [0.05, 0.1) is 12.6 Å². The summed E-state index contributed by atoms with van der Waals surface area (Å²) < 4.78 is 24.6. The molecule has 0 saturated heterocycles. The summed E-state index contributed by atoms with van der Waals surface area (Å²) in [5.74, 6) is 0. The molecule has 1 aromatic carbocycles. The van der Waals surface area contributed by atoms with Crippen molar-refractivity contribution < 1.29 is 13.9 Å². The number of aliphatic hydroxyl groups is 1. The van der Waals surface area contributed by atoms with Crippen molar-refractivity contribution in [3.8, 4) is 0 Å². The lowest BCUT2D eigenvalue weighted by Crippen LogP contribution is -2.37. The number of aliphatic hydroxyl groups excluding tert-OH is 1. The summed E-state index contributed by atoms with van der Waals surface area (Å²) in [6.45, 7) is 3.48. The summed E-state index contributed by atoms with van der Waals surface area (Å²) in [4.78, 5) is 1.48. The van der Waals surface area contributed by atoms with Crippen LogP contribution in [0.3, 0.4) is 0 Å². The first-order chi connectivity index (χ1) is 8.45. The van der Waals surface area contributed by atoms with Gasteiger partial charge in [0, 0.05) is 6.04 Å². The Morgan fingerprint density at radius 3 is 2.22 bits per heavy atom. The first-order valence-corrected chi connectivity index (χ1v) is 6.21. The first-order valence-electron chi connectivity index (χ1n) is 6.21. The number of likely N-dealkylation sites (N-methyl/N-ethyl adjacent to an activating group) is 1. The second kappa shape index (κ2) is 6.81. The minimum Gasteiger partial charge on any atom is -0.387 e. The van der Waals surface area contributed by atoms with E-state index < -0.39 is 12.5 Å². The van der Waals surface area contributed by atoms with Crippen LogP contribution in [-0.4, -0.2) is 36.1 Å². The Morgan fingerprint density at radius 1 is 1.22 bits per heavy atom. The summed E-state index contributed by atoms with van der Waals surface area (Å²) in [5, 5.41) is 10.1. The van der Waals surface area contributed by atoms with E-state index >= 15 is 0 Å². The first kappa shape index (κ1) is 15.1. The fourth-order valence-corrected chi connectivity index (χ4v) is 1.85. The molecule has 0 aliphatic carbocycles. The standard InChI is InChI=1S/C14H21F2NO/c1-4-11-5-7-12(8-6-11)14(18)10(2)17(3)9-13(15)16/h5-8,10,13-14,18H,4,9H2,1-3H3. The Hall–Kier alpha value is -1.00. The molecule has 0 saturated carbocycles. The average molecular weight is 257 g/mol. The molecule has 18 heavy (non-hydrogen) atoms. The molecule has 1 N–H and O–H groups in total. The number of hydrogen-bond acceptors (Lipinski definition) is 2. The summed E-state index contributed by atoms with van der Waals surface area (Å²) in [7, 11) is 1.60. The van der Waals surface area contributed by atoms with Crippen LogP contribution in [0.25, 0.3) is 0 Å². The number of nitrogens with zero attached hydrogens (tertiary/aromatic N) is 1. The Morgan fingerprint density at radius 2 is 1.78 bits per heavy atom. The highest BCUT2D eigenvalue weighted by Crippen LogP contribution is 2.21. The second-order valence-corrected chi connectivity index (χ2v) is 4.61. The second-order valence-electron chi connectivity index (χ2n) is 4.61. The van der Waals surface area contributed by atoms with Crippen molar-refractivity contribution in [2.45, 2.75) is 38.8 Å². The van der Waals surface area contributed by atoms with Gasteiger partial charge in [-0.1, -0.05) is 31.2 Å². The van der Waals surface area contributed by atoms with Crippen molar-refractivity contribution in [3.05, 3.63) is 35.4 Å². The summed E-state index contributed by atoms with van der Waals surface area (Å²) >= 11 is 0. The fourth-order valence-electron chi connectivity index (χ4n) is 1.85. The van der Waals surface area contributed by atoms with E-state index in [0.29, 0.717) is 0 Å². The highest BCUT2D eigenvalue weighted by molar-refractivity contribution is 5.24. The number of rotatable bonds is 6. The van der Waals surface area contributed by atoms with Crippen LogP contribution < -0.4 is 0 Å². The third-order valence-corrected chi connectivity index (χ3v) is 3.31. The van der Waals surface area contributed by atoms with Crippen LogP contribution in [0.5, 0.6) is 0 Å². The molecule has 102 valence electrons. The molecule has 0 spiro atoms. The van der Waals surface area contributed by atoms with Crippen LogP contribution in [0, 0.1) is 0 Å². The van der Waals surface area contributed by atoms with E-state index in [4.69, 9.17) is 0 Å². The van der Waals surface area contributed by atoms with Crippen molar-refractivity contribution in [3.63, 3.8) is 0 Å². The predicted molar refractivity (Wildman–Crippen MR) is 68.9 cm³/mol. The van der Waals surface area contributed by atoms with E-state index in [-0.39, 0.29) is 12.6 Å². The van der Waals surface area contributed by atoms with E-state index in [2.05, 4.69) is 6.92 Å². The van der Waals surface area contributed by atoms with Crippen molar-refractivity contribution in [1.29, 1.82) is 0 Å². The molecule has 4 heteroatoms. The molecule has 0 aromatic heterocycles. The van der Waals surface area contributed by atoms with E-state index in [1.165, 1.54) is 10.5 Å². The van der Waals surface area contributed by atoms with Gasteiger partial charge in [-0.15, -0.1) is 0 Å². The third kappa shape index (κ3) is 4.03. The minimum atomic E-state index is -2.38. The molecule has 2 nitrogen and oxygen atoms in total. The van der Waals surface area contributed by atoms with Gasteiger partial charge in [-0.2, -0.15) is 0 Å². The minimum absolute atomic E-state index is 0.328. The fraction of sp³-hybridized carbons (Fsp3) is 0.571. The molecule has 1 aromatic rings. The molecule has 0 radical (unpaired) electrons. The monoisotopic (exact) mass is 257 g/mol. The van der Waals surface area contributed by atoms with E-state index in [9.17, 15) is 13.9 Å². The molecule has 0 aliphatic heterocycles. The van der Waals surface area contributed by atoms with Crippen LogP contribution >= 0.6 is 0 Å². The lowest BCUT2D eigenvalue weighted by atomic mass is 10.0. The van der Waals surface area contributed by atoms with Crippen molar-refractivity contribution in [2.24, 2.45) is 0 Å². The largest absolute Gasteiger partial charge is 0.387 e. The zero-order chi connectivity index (χ0) is 13.7.